The number of benzene rings is 2. The molecule has 0 aromatic heterocycles. The minimum absolute atomic E-state index is 0.422. The molecule has 0 bridgehead atoms. The molecule has 29 heavy (non-hydrogen) atoms. The zero-order valence-electron chi connectivity index (χ0n) is 19.0. The second-order valence-electron chi connectivity index (χ2n) is 7.58. The van der Waals surface area contributed by atoms with E-state index in [1.165, 1.54) is 27.8 Å². The van der Waals surface area contributed by atoms with Crippen LogP contribution in [0.2, 0.25) is 0 Å². The first kappa shape index (κ1) is 23.1. The van der Waals surface area contributed by atoms with Crippen LogP contribution in [-0.2, 0) is 6.54 Å². The molecule has 0 spiro atoms. The van der Waals surface area contributed by atoms with E-state index in [1.807, 2.05) is 19.9 Å². The summed E-state index contributed by atoms with van der Waals surface area (Å²) in [5, 5.41) is 0. The SMILES string of the molecule is C=Cc1ccc(C2CN(C)CCN2Cc2cccc(C)c2/C=C\CC)cc1.CC. The molecule has 1 atom stereocenters. The van der Waals surface area contributed by atoms with Crippen molar-refractivity contribution in [3.8, 4) is 0 Å². The summed E-state index contributed by atoms with van der Waals surface area (Å²) >= 11 is 0. The molecular weight excluding hydrogens is 352 g/mol. The normalized spacial score (nSPS) is 17.8. The van der Waals surface area contributed by atoms with Crippen molar-refractivity contribution >= 4 is 12.2 Å². The first-order valence-corrected chi connectivity index (χ1v) is 11.0. The van der Waals surface area contributed by atoms with Gasteiger partial charge in [0.2, 0.25) is 0 Å². The van der Waals surface area contributed by atoms with Crippen LogP contribution in [0.15, 0.2) is 55.1 Å². The van der Waals surface area contributed by atoms with Gasteiger partial charge in [-0.05, 0) is 48.2 Å². The fourth-order valence-electron chi connectivity index (χ4n) is 3.89. The van der Waals surface area contributed by atoms with Gasteiger partial charge in [0, 0.05) is 32.2 Å². The molecule has 0 aliphatic carbocycles. The molecule has 0 saturated carbocycles. The van der Waals surface area contributed by atoms with Crippen LogP contribution in [-0.4, -0.2) is 36.5 Å². The van der Waals surface area contributed by atoms with E-state index in [0.29, 0.717) is 6.04 Å². The standard InChI is InChI=1S/C25H32N2.C2H6/c1-5-7-11-24-20(3)9-8-10-23(24)18-27-17-16-26(4)19-25(27)22-14-12-21(6-2)13-15-22;1-2/h6-15,25H,2,5,16-19H2,1,3-4H3;1-2H3/b11-7-;. The lowest BCUT2D eigenvalue weighted by Gasteiger charge is -2.40. The average Bonchev–Trinajstić information content (AvgIpc) is 2.76. The summed E-state index contributed by atoms with van der Waals surface area (Å²) in [7, 11) is 2.23. The molecule has 1 aliphatic heterocycles. The van der Waals surface area contributed by atoms with Crippen molar-refractivity contribution in [2.75, 3.05) is 26.7 Å². The molecule has 1 aliphatic rings. The van der Waals surface area contributed by atoms with Crippen molar-refractivity contribution in [1.29, 1.82) is 0 Å². The Bertz CT molecular complexity index is 789. The summed E-state index contributed by atoms with van der Waals surface area (Å²) in [5.41, 5.74) is 6.75. The Labute approximate surface area is 178 Å². The van der Waals surface area contributed by atoms with E-state index >= 15 is 0 Å². The molecule has 0 amide bonds. The molecule has 1 fully saturated rings. The predicted octanol–water partition coefficient (Wildman–Crippen LogP) is 6.58. The van der Waals surface area contributed by atoms with E-state index < -0.39 is 0 Å². The summed E-state index contributed by atoms with van der Waals surface area (Å²) in [6, 6.07) is 16.0. The minimum atomic E-state index is 0.422. The largest absolute Gasteiger partial charge is 0.303 e. The van der Waals surface area contributed by atoms with Crippen molar-refractivity contribution in [3.05, 3.63) is 82.9 Å². The van der Waals surface area contributed by atoms with Crippen LogP contribution in [0.5, 0.6) is 0 Å². The summed E-state index contributed by atoms with van der Waals surface area (Å²) in [5.74, 6) is 0. The molecule has 2 nitrogen and oxygen atoms in total. The lowest BCUT2D eigenvalue weighted by molar-refractivity contribution is 0.0833. The highest BCUT2D eigenvalue weighted by molar-refractivity contribution is 5.57. The van der Waals surface area contributed by atoms with Crippen molar-refractivity contribution in [3.63, 3.8) is 0 Å². The predicted molar refractivity (Wildman–Crippen MR) is 129 cm³/mol. The Morgan fingerprint density at radius 2 is 1.79 bits per heavy atom. The van der Waals surface area contributed by atoms with Gasteiger partial charge in [-0.2, -0.15) is 0 Å². The third-order valence-corrected chi connectivity index (χ3v) is 5.56. The number of likely N-dealkylation sites (N-methyl/N-ethyl adjacent to an activating group) is 1. The highest BCUT2D eigenvalue weighted by Crippen LogP contribution is 2.29. The molecule has 0 radical (unpaired) electrons. The molecular formula is C27H38N2. The summed E-state index contributed by atoms with van der Waals surface area (Å²) in [6.07, 6.45) is 7.55. The Balaban J connectivity index is 0.00000145. The molecule has 1 heterocycles. The maximum atomic E-state index is 3.87. The van der Waals surface area contributed by atoms with Gasteiger partial charge < -0.3 is 4.90 Å². The van der Waals surface area contributed by atoms with Crippen LogP contribution in [0.1, 0.15) is 61.1 Å². The van der Waals surface area contributed by atoms with Crippen LogP contribution in [0, 0.1) is 6.92 Å². The van der Waals surface area contributed by atoms with Crippen LogP contribution in [0.25, 0.3) is 12.2 Å². The number of nitrogens with zero attached hydrogens (tertiary/aromatic N) is 2. The van der Waals surface area contributed by atoms with E-state index in [2.05, 4.69) is 91.9 Å². The number of hydrogen-bond donors (Lipinski definition) is 0. The van der Waals surface area contributed by atoms with Crippen LogP contribution < -0.4 is 0 Å². The average molecular weight is 391 g/mol. The molecule has 2 heteroatoms. The van der Waals surface area contributed by atoms with Crippen LogP contribution in [0.3, 0.4) is 0 Å². The highest BCUT2D eigenvalue weighted by atomic mass is 15.3. The van der Waals surface area contributed by atoms with Gasteiger partial charge >= 0.3 is 0 Å². The third kappa shape index (κ3) is 6.16. The molecule has 2 aromatic carbocycles. The van der Waals surface area contributed by atoms with Gasteiger partial charge in [0.25, 0.3) is 0 Å². The Hall–Kier alpha value is -2.16. The molecule has 156 valence electrons. The second-order valence-corrected chi connectivity index (χ2v) is 7.58. The van der Waals surface area contributed by atoms with Crippen molar-refractivity contribution < 1.29 is 0 Å². The van der Waals surface area contributed by atoms with Gasteiger partial charge in [-0.25, -0.2) is 0 Å². The second kappa shape index (κ2) is 11.7. The summed E-state index contributed by atoms with van der Waals surface area (Å²) in [6.45, 7) is 16.6. The number of aryl methyl sites for hydroxylation is 1. The number of hydrogen-bond acceptors (Lipinski definition) is 2. The van der Waals surface area contributed by atoms with Gasteiger partial charge in [-0.1, -0.05) is 88.0 Å². The zero-order chi connectivity index (χ0) is 21.2. The highest BCUT2D eigenvalue weighted by Gasteiger charge is 2.27. The first-order valence-electron chi connectivity index (χ1n) is 11.0. The molecule has 2 aromatic rings. The summed E-state index contributed by atoms with van der Waals surface area (Å²) < 4.78 is 0. The van der Waals surface area contributed by atoms with Gasteiger partial charge in [0.15, 0.2) is 0 Å². The topological polar surface area (TPSA) is 6.48 Å². The van der Waals surface area contributed by atoms with Crippen molar-refractivity contribution in [1.82, 2.24) is 9.80 Å². The van der Waals surface area contributed by atoms with E-state index in [0.717, 1.165) is 32.6 Å². The van der Waals surface area contributed by atoms with E-state index in [-0.39, 0.29) is 0 Å². The molecule has 0 N–H and O–H groups in total. The zero-order valence-corrected chi connectivity index (χ0v) is 19.0. The van der Waals surface area contributed by atoms with E-state index in [9.17, 15) is 0 Å². The fraction of sp³-hybridized carbons (Fsp3) is 0.407. The van der Waals surface area contributed by atoms with Gasteiger partial charge in [0.05, 0.1) is 0 Å². The minimum Gasteiger partial charge on any atom is -0.303 e. The fourth-order valence-corrected chi connectivity index (χ4v) is 3.89. The Morgan fingerprint density at radius 1 is 1.07 bits per heavy atom. The molecule has 1 saturated heterocycles. The maximum Gasteiger partial charge on any atom is 0.0479 e. The maximum absolute atomic E-state index is 3.87. The summed E-state index contributed by atoms with van der Waals surface area (Å²) in [4.78, 5) is 5.08. The van der Waals surface area contributed by atoms with Crippen LogP contribution >= 0.6 is 0 Å². The van der Waals surface area contributed by atoms with Crippen molar-refractivity contribution in [2.45, 2.75) is 46.7 Å². The molecule has 1 unspecified atom stereocenters. The first-order chi connectivity index (χ1) is 14.1. The lowest BCUT2D eigenvalue weighted by atomic mass is 9.97. The Kier molecular flexibility index (Phi) is 9.37. The van der Waals surface area contributed by atoms with Gasteiger partial charge in [-0.3, -0.25) is 4.90 Å². The van der Waals surface area contributed by atoms with Crippen LogP contribution in [0.4, 0.5) is 0 Å². The van der Waals surface area contributed by atoms with Crippen molar-refractivity contribution in [2.24, 2.45) is 0 Å². The smallest absolute Gasteiger partial charge is 0.0479 e. The quantitative estimate of drug-likeness (QED) is 0.550. The van der Waals surface area contributed by atoms with Gasteiger partial charge in [0.1, 0.15) is 0 Å². The monoisotopic (exact) mass is 390 g/mol. The number of rotatable bonds is 6. The lowest BCUT2D eigenvalue weighted by Crippen LogP contribution is -2.46. The number of piperazine rings is 1. The Morgan fingerprint density at radius 3 is 2.45 bits per heavy atom. The van der Waals surface area contributed by atoms with E-state index in [4.69, 9.17) is 0 Å². The number of allylic oxidation sites excluding steroid dienone is 1. The third-order valence-electron chi connectivity index (χ3n) is 5.56. The van der Waals surface area contributed by atoms with Gasteiger partial charge in [-0.15, -0.1) is 0 Å². The molecule has 3 rings (SSSR count). The van der Waals surface area contributed by atoms with E-state index in [1.54, 1.807) is 0 Å².